The lowest BCUT2D eigenvalue weighted by Gasteiger charge is -2.03. The van der Waals surface area contributed by atoms with Crippen LogP contribution in [0.2, 0.25) is 0 Å². The van der Waals surface area contributed by atoms with E-state index in [2.05, 4.69) is 15.0 Å². The highest BCUT2D eigenvalue weighted by atomic mass is 16.5. The van der Waals surface area contributed by atoms with Gasteiger partial charge in [0.1, 0.15) is 17.9 Å². The molecule has 0 atom stereocenters. The van der Waals surface area contributed by atoms with E-state index in [9.17, 15) is 9.59 Å². The van der Waals surface area contributed by atoms with Crippen molar-refractivity contribution < 1.29 is 14.6 Å². The van der Waals surface area contributed by atoms with Gasteiger partial charge in [-0.1, -0.05) is 6.92 Å². The number of aliphatic carboxylic acids is 1. The van der Waals surface area contributed by atoms with Crippen LogP contribution in [0.25, 0.3) is 22.6 Å². The van der Waals surface area contributed by atoms with Crippen LogP contribution in [0.5, 0.6) is 5.75 Å². The molecule has 1 aromatic carbocycles. The largest absolute Gasteiger partial charge is 0.482 e. The van der Waals surface area contributed by atoms with Crippen LogP contribution in [-0.4, -0.2) is 37.2 Å². The van der Waals surface area contributed by atoms with E-state index in [-0.39, 0.29) is 5.56 Å². The molecule has 0 aliphatic heterocycles. The fourth-order valence-electron chi connectivity index (χ4n) is 2.32. The minimum Gasteiger partial charge on any atom is -0.482 e. The number of imidazole rings is 1. The summed E-state index contributed by atoms with van der Waals surface area (Å²) in [4.78, 5) is 34.4. The van der Waals surface area contributed by atoms with Gasteiger partial charge in [0.25, 0.3) is 5.56 Å². The highest BCUT2D eigenvalue weighted by Crippen LogP contribution is 2.21. The number of hydrogen-bond donors (Lipinski definition) is 2. The van der Waals surface area contributed by atoms with Crippen LogP contribution < -0.4 is 10.3 Å². The molecule has 0 saturated carbocycles. The summed E-state index contributed by atoms with van der Waals surface area (Å²) in [6.45, 7) is 2.19. The summed E-state index contributed by atoms with van der Waals surface area (Å²) in [7, 11) is 0. The number of aromatic nitrogens is 4. The van der Waals surface area contributed by atoms with Gasteiger partial charge in [-0.25, -0.2) is 14.8 Å². The Morgan fingerprint density at radius 3 is 2.75 bits per heavy atom. The Bertz CT molecular complexity index is 927. The van der Waals surface area contributed by atoms with Crippen LogP contribution in [0.4, 0.5) is 0 Å². The first-order chi connectivity index (χ1) is 11.6. The minimum atomic E-state index is -1.04. The quantitative estimate of drug-likeness (QED) is 0.712. The summed E-state index contributed by atoms with van der Waals surface area (Å²) in [5.74, 6) is -0.0693. The van der Waals surface area contributed by atoms with Crippen molar-refractivity contribution in [3.05, 3.63) is 40.9 Å². The summed E-state index contributed by atoms with van der Waals surface area (Å²) in [5, 5.41) is 8.60. The molecule has 2 N–H and O–H groups in total. The Balaban J connectivity index is 1.90. The van der Waals surface area contributed by atoms with Crippen molar-refractivity contribution in [2.24, 2.45) is 0 Å². The van der Waals surface area contributed by atoms with Crippen molar-refractivity contribution in [2.75, 3.05) is 6.61 Å². The third-order valence-corrected chi connectivity index (χ3v) is 3.43. The molecule has 0 unspecified atom stereocenters. The molecule has 124 valence electrons. The average Bonchev–Trinajstić information content (AvgIpc) is 3.01. The number of aromatic amines is 1. The molecule has 0 spiro atoms. The Hall–Kier alpha value is -3.16. The zero-order valence-corrected chi connectivity index (χ0v) is 13.0. The molecule has 0 aliphatic rings. The first-order valence-corrected chi connectivity index (χ1v) is 7.48. The lowest BCUT2D eigenvalue weighted by Crippen LogP contribution is -2.20. The minimum absolute atomic E-state index is 0.151. The molecule has 3 rings (SSSR count). The van der Waals surface area contributed by atoms with Crippen molar-refractivity contribution in [3.63, 3.8) is 0 Å². The van der Waals surface area contributed by atoms with Gasteiger partial charge in [-0.05, 0) is 30.7 Å². The average molecular weight is 328 g/mol. The highest BCUT2D eigenvalue weighted by Gasteiger charge is 2.11. The summed E-state index contributed by atoms with van der Waals surface area (Å²) in [6.07, 6.45) is 2.34. The van der Waals surface area contributed by atoms with Crippen LogP contribution in [0, 0.1) is 0 Å². The molecule has 8 heteroatoms. The molecule has 2 aromatic heterocycles. The number of nitrogens with one attached hydrogen (secondary N) is 1. The van der Waals surface area contributed by atoms with Gasteiger partial charge >= 0.3 is 5.97 Å². The molecule has 0 bridgehead atoms. The Labute approximate surface area is 136 Å². The zero-order chi connectivity index (χ0) is 17.1. The van der Waals surface area contributed by atoms with Gasteiger partial charge in [-0.15, -0.1) is 0 Å². The summed E-state index contributed by atoms with van der Waals surface area (Å²) in [5.41, 5.74) is 1.33. The van der Waals surface area contributed by atoms with Crippen molar-refractivity contribution in [2.45, 2.75) is 19.9 Å². The number of rotatable bonds is 6. The number of nitrogens with zero attached hydrogens (tertiary/aromatic N) is 3. The van der Waals surface area contributed by atoms with E-state index in [0.29, 0.717) is 29.3 Å². The number of benzene rings is 1. The standard InChI is InChI=1S/C16H16N4O4/c1-2-7-20-9-17-15-13(16(20)23)18-14(19-15)10-3-5-11(6-4-10)24-8-12(21)22/h3-6,9H,2,7-8H2,1H3,(H,18,19)(H,21,22). The first-order valence-electron chi connectivity index (χ1n) is 7.48. The molecule has 0 amide bonds. The molecular formula is C16H16N4O4. The monoisotopic (exact) mass is 328 g/mol. The number of aryl methyl sites for hydroxylation is 1. The molecule has 0 radical (unpaired) electrons. The molecule has 24 heavy (non-hydrogen) atoms. The third kappa shape index (κ3) is 3.12. The first kappa shape index (κ1) is 15.7. The predicted molar refractivity (Wildman–Crippen MR) is 87.0 cm³/mol. The van der Waals surface area contributed by atoms with E-state index in [1.807, 2.05) is 6.92 Å². The second-order valence-electron chi connectivity index (χ2n) is 5.23. The summed E-state index contributed by atoms with van der Waals surface area (Å²) in [6, 6.07) is 6.77. The maximum Gasteiger partial charge on any atom is 0.341 e. The number of carboxylic acids is 1. The topological polar surface area (TPSA) is 110 Å². The number of carbonyl (C=O) groups is 1. The van der Waals surface area contributed by atoms with Gasteiger partial charge in [0.05, 0.1) is 0 Å². The highest BCUT2D eigenvalue weighted by molar-refractivity contribution is 5.75. The molecular weight excluding hydrogens is 312 g/mol. The fraction of sp³-hybridized carbons (Fsp3) is 0.250. The summed E-state index contributed by atoms with van der Waals surface area (Å²) < 4.78 is 6.63. The van der Waals surface area contributed by atoms with Crippen LogP contribution in [0.15, 0.2) is 35.4 Å². The second-order valence-corrected chi connectivity index (χ2v) is 5.23. The van der Waals surface area contributed by atoms with E-state index < -0.39 is 12.6 Å². The van der Waals surface area contributed by atoms with Crippen molar-refractivity contribution >= 4 is 17.1 Å². The lowest BCUT2D eigenvalue weighted by molar-refractivity contribution is -0.139. The number of ether oxygens (including phenoxy) is 1. The SMILES string of the molecule is CCCn1cnc2nc(-c3ccc(OCC(=O)O)cc3)[nH]c2c1=O. The fourth-order valence-corrected chi connectivity index (χ4v) is 2.32. The van der Waals surface area contributed by atoms with Gasteiger partial charge in [0, 0.05) is 12.1 Å². The van der Waals surface area contributed by atoms with Gasteiger partial charge in [0.2, 0.25) is 0 Å². The van der Waals surface area contributed by atoms with E-state index in [4.69, 9.17) is 9.84 Å². The van der Waals surface area contributed by atoms with Crippen molar-refractivity contribution in [3.8, 4) is 17.1 Å². The van der Waals surface area contributed by atoms with E-state index in [1.165, 1.54) is 6.33 Å². The van der Waals surface area contributed by atoms with Crippen molar-refractivity contribution in [1.29, 1.82) is 0 Å². The van der Waals surface area contributed by atoms with Crippen LogP contribution in [0.1, 0.15) is 13.3 Å². The molecule has 2 heterocycles. The van der Waals surface area contributed by atoms with Crippen molar-refractivity contribution in [1.82, 2.24) is 19.5 Å². The van der Waals surface area contributed by atoms with E-state index in [0.717, 1.165) is 12.0 Å². The third-order valence-electron chi connectivity index (χ3n) is 3.43. The lowest BCUT2D eigenvalue weighted by atomic mass is 10.2. The molecule has 3 aromatic rings. The smallest absolute Gasteiger partial charge is 0.341 e. The maximum atomic E-state index is 12.3. The molecule has 0 aliphatic carbocycles. The van der Waals surface area contributed by atoms with Gasteiger partial charge in [-0.3, -0.25) is 9.36 Å². The van der Waals surface area contributed by atoms with Crippen LogP contribution >= 0.6 is 0 Å². The van der Waals surface area contributed by atoms with Gasteiger partial charge in [-0.2, -0.15) is 0 Å². The zero-order valence-electron chi connectivity index (χ0n) is 13.0. The van der Waals surface area contributed by atoms with Crippen LogP contribution in [0.3, 0.4) is 0 Å². The molecule has 0 fully saturated rings. The maximum absolute atomic E-state index is 12.3. The van der Waals surface area contributed by atoms with Crippen LogP contribution in [-0.2, 0) is 11.3 Å². The normalized spacial score (nSPS) is 10.9. The number of hydrogen-bond acceptors (Lipinski definition) is 5. The Morgan fingerprint density at radius 2 is 2.08 bits per heavy atom. The Morgan fingerprint density at radius 1 is 1.33 bits per heavy atom. The van der Waals surface area contributed by atoms with E-state index in [1.54, 1.807) is 28.8 Å². The Kier molecular flexibility index (Phi) is 4.28. The summed E-state index contributed by atoms with van der Waals surface area (Å²) >= 11 is 0. The number of fused-ring (bicyclic) bond motifs is 1. The number of carboxylic acid groups (broad SMARTS) is 1. The van der Waals surface area contributed by atoms with Gasteiger partial charge < -0.3 is 14.8 Å². The van der Waals surface area contributed by atoms with E-state index >= 15 is 0 Å². The second kappa shape index (κ2) is 6.53. The predicted octanol–water partition coefficient (Wildman–Crippen LogP) is 1.66. The molecule has 0 saturated heterocycles. The number of H-pyrrole nitrogens is 1. The van der Waals surface area contributed by atoms with Gasteiger partial charge in [0.15, 0.2) is 17.8 Å². The molecule has 8 nitrogen and oxygen atoms in total.